The maximum absolute atomic E-state index is 13.7. The van der Waals surface area contributed by atoms with Gasteiger partial charge in [-0.3, -0.25) is 0 Å². The van der Waals surface area contributed by atoms with Crippen LogP contribution in [-0.2, 0) is 6.42 Å². The van der Waals surface area contributed by atoms with Crippen molar-refractivity contribution in [1.82, 2.24) is 0 Å². The summed E-state index contributed by atoms with van der Waals surface area (Å²) in [6.45, 7) is 0.636. The van der Waals surface area contributed by atoms with E-state index in [-0.39, 0.29) is 5.82 Å². The molecule has 1 unspecified atom stereocenters. The topological polar surface area (TPSA) is 26.0 Å². The Kier molecular flexibility index (Phi) is 4.41. The Morgan fingerprint density at radius 1 is 1.35 bits per heavy atom. The van der Waals surface area contributed by atoms with Gasteiger partial charge in [0.15, 0.2) is 0 Å². The first kappa shape index (κ1) is 12.8. The van der Waals surface area contributed by atoms with Gasteiger partial charge >= 0.3 is 0 Å². The molecular weight excluding hydrogens is 237 g/mol. The zero-order chi connectivity index (χ0) is 12.3. The van der Waals surface area contributed by atoms with Gasteiger partial charge in [0, 0.05) is 5.02 Å². The van der Waals surface area contributed by atoms with Gasteiger partial charge < -0.3 is 5.73 Å². The van der Waals surface area contributed by atoms with Crippen molar-refractivity contribution < 1.29 is 4.39 Å². The molecule has 0 saturated heterocycles. The monoisotopic (exact) mass is 255 g/mol. The lowest BCUT2D eigenvalue weighted by molar-refractivity contribution is 0.341. The third-order valence-electron chi connectivity index (χ3n) is 3.86. The highest BCUT2D eigenvalue weighted by atomic mass is 35.5. The molecule has 17 heavy (non-hydrogen) atoms. The fraction of sp³-hybridized carbons (Fsp3) is 0.571. The summed E-state index contributed by atoms with van der Waals surface area (Å²) in [7, 11) is 0. The minimum absolute atomic E-state index is 0.161. The smallest absolute Gasteiger partial charge is 0.126 e. The molecule has 1 nitrogen and oxygen atoms in total. The van der Waals surface area contributed by atoms with Crippen molar-refractivity contribution in [2.24, 2.45) is 17.6 Å². The van der Waals surface area contributed by atoms with Crippen LogP contribution in [0.25, 0.3) is 0 Å². The Labute approximate surface area is 107 Å². The Morgan fingerprint density at radius 2 is 2.06 bits per heavy atom. The summed E-state index contributed by atoms with van der Waals surface area (Å²) >= 11 is 5.91. The molecule has 1 fully saturated rings. The van der Waals surface area contributed by atoms with Crippen molar-refractivity contribution in [3.05, 3.63) is 34.6 Å². The molecule has 0 aliphatic heterocycles. The van der Waals surface area contributed by atoms with E-state index in [1.54, 1.807) is 12.1 Å². The maximum Gasteiger partial charge on any atom is 0.126 e. The van der Waals surface area contributed by atoms with E-state index >= 15 is 0 Å². The van der Waals surface area contributed by atoms with E-state index in [1.165, 1.54) is 31.7 Å². The van der Waals surface area contributed by atoms with E-state index in [0.717, 1.165) is 0 Å². The lowest BCUT2D eigenvalue weighted by atomic mass is 9.85. The van der Waals surface area contributed by atoms with Gasteiger partial charge in [0.2, 0.25) is 0 Å². The van der Waals surface area contributed by atoms with Gasteiger partial charge in [-0.15, -0.1) is 0 Å². The third-order valence-corrected chi connectivity index (χ3v) is 4.09. The maximum atomic E-state index is 13.7. The highest BCUT2D eigenvalue weighted by molar-refractivity contribution is 6.30. The van der Waals surface area contributed by atoms with Crippen LogP contribution in [0.3, 0.4) is 0 Å². The Hall–Kier alpha value is -0.600. The molecule has 0 radical (unpaired) electrons. The Morgan fingerprint density at radius 3 is 2.71 bits per heavy atom. The van der Waals surface area contributed by atoms with E-state index in [1.807, 2.05) is 0 Å². The molecule has 1 aliphatic rings. The first-order chi connectivity index (χ1) is 8.20. The second-order valence-electron chi connectivity index (χ2n) is 4.98. The van der Waals surface area contributed by atoms with Crippen LogP contribution in [0.1, 0.15) is 31.2 Å². The van der Waals surface area contributed by atoms with Crippen LogP contribution in [-0.4, -0.2) is 6.54 Å². The fourth-order valence-corrected chi connectivity index (χ4v) is 3.05. The lowest BCUT2D eigenvalue weighted by Crippen LogP contribution is -2.24. The van der Waals surface area contributed by atoms with Crippen molar-refractivity contribution >= 4 is 11.6 Å². The van der Waals surface area contributed by atoms with E-state index in [9.17, 15) is 4.39 Å². The largest absolute Gasteiger partial charge is 0.330 e. The number of hydrogen-bond donors (Lipinski definition) is 1. The quantitative estimate of drug-likeness (QED) is 0.871. The van der Waals surface area contributed by atoms with Crippen LogP contribution in [0.15, 0.2) is 18.2 Å². The normalized spacial score (nSPS) is 18.5. The van der Waals surface area contributed by atoms with Crippen molar-refractivity contribution in [3.63, 3.8) is 0 Å². The first-order valence-electron chi connectivity index (χ1n) is 6.34. The Balaban J connectivity index is 2.09. The van der Waals surface area contributed by atoms with E-state index in [2.05, 4.69) is 0 Å². The molecule has 1 aromatic carbocycles. The van der Waals surface area contributed by atoms with Crippen molar-refractivity contribution in [2.45, 2.75) is 32.1 Å². The molecule has 0 bridgehead atoms. The molecule has 1 aromatic rings. The summed E-state index contributed by atoms with van der Waals surface area (Å²) in [5, 5.41) is 0.601. The average molecular weight is 256 g/mol. The van der Waals surface area contributed by atoms with Crippen LogP contribution < -0.4 is 5.73 Å². The zero-order valence-corrected chi connectivity index (χ0v) is 10.7. The second-order valence-corrected chi connectivity index (χ2v) is 5.42. The molecule has 0 aromatic heterocycles. The molecule has 1 aliphatic carbocycles. The van der Waals surface area contributed by atoms with Gasteiger partial charge in [-0.2, -0.15) is 0 Å². The predicted octanol–water partition coefficient (Wildman–Crippen LogP) is 3.79. The fourth-order valence-electron chi connectivity index (χ4n) is 2.85. The van der Waals surface area contributed by atoms with Crippen LogP contribution in [0.4, 0.5) is 4.39 Å². The number of benzene rings is 1. The molecule has 94 valence electrons. The SMILES string of the molecule is NCC(Cc1cc(Cl)ccc1F)C1CCCC1. The summed E-state index contributed by atoms with van der Waals surface area (Å²) in [5.41, 5.74) is 6.54. The molecule has 2 rings (SSSR count). The lowest BCUT2D eigenvalue weighted by Gasteiger charge is -2.22. The van der Waals surface area contributed by atoms with Gasteiger partial charge in [-0.25, -0.2) is 4.39 Å². The summed E-state index contributed by atoms with van der Waals surface area (Å²) in [6, 6.07) is 4.77. The molecular formula is C14H19ClFN. The Bertz CT molecular complexity index is 374. The first-order valence-corrected chi connectivity index (χ1v) is 6.72. The number of rotatable bonds is 4. The van der Waals surface area contributed by atoms with Gasteiger partial charge in [-0.05, 0) is 48.6 Å². The van der Waals surface area contributed by atoms with Crippen LogP contribution >= 0.6 is 11.6 Å². The third kappa shape index (κ3) is 3.20. The standard InChI is InChI=1S/C14H19ClFN/c15-13-5-6-14(16)11(8-13)7-12(9-17)10-3-1-2-4-10/h5-6,8,10,12H,1-4,7,9,17H2. The van der Waals surface area contributed by atoms with Crippen LogP contribution in [0.5, 0.6) is 0 Å². The van der Waals surface area contributed by atoms with E-state index < -0.39 is 0 Å². The highest BCUT2D eigenvalue weighted by Gasteiger charge is 2.24. The predicted molar refractivity (Wildman–Crippen MR) is 69.6 cm³/mol. The second kappa shape index (κ2) is 5.83. The molecule has 0 amide bonds. The summed E-state index contributed by atoms with van der Waals surface area (Å²) in [5.74, 6) is 0.898. The summed E-state index contributed by atoms with van der Waals surface area (Å²) in [4.78, 5) is 0. The summed E-state index contributed by atoms with van der Waals surface area (Å²) < 4.78 is 13.7. The summed E-state index contributed by atoms with van der Waals surface area (Å²) in [6.07, 6.45) is 5.78. The van der Waals surface area contributed by atoms with Crippen molar-refractivity contribution in [1.29, 1.82) is 0 Å². The van der Waals surface area contributed by atoms with Gasteiger partial charge in [0.25, 0.3) is 0 Å². The minimum atomic E-state index is -0.161. The van der Waals surface area contributed by atoms with Crippen LogP contribution in [0, 0.1) is 17.7 Å². The molecule has 0 spiro atoms. The molecule has 3 heteroatoms. The van der Waals surface area contributed by atoms with E-state index in [0.29, 0.717) is 35.4 Å². The van der Waals surface area contributed by atoms with E-state index in [4.69, 9.17) is 17.3 Å². The molecule has 1 saturated carbocycles. The number of halogens is 2. The molecule has 0 heterocycles. The van der Waals surface area contributed by atoms with Gasteiger partial charge in [-0.1, -0.05) is 37.3 Å². The van der Waals surface area contributed by atoms with Gasteiger partial charge in [0.1, 0.15) is 5.82 Å². The highest BCUT2D eigenvalue weighted by Crippen LogP contribution is 2.33. The zero-order valence-electron chi connectivity index (χ0n) is 9.96. The average Bonchev–Trinajstić information content (AvgIpc) is 2.84. The minimum Gasteiger partial charge on any atom is -0.330 e. The van der Waals surface area contributed by atoms with Crippen LogP contribution in [0.2, 0.25) is 5.02 Å². The molecule has 1 atom stereocenters. The number of nitrogens with two attached hydrogens (primary N) is 1. The van der Waals surface area contributed by atoms with Crippen molar-refractivity contribution in [2.75, 3.05) is 6.54 Å². The van der Waals surface area contributed by atoms with Crippen molar-refractivity contribution in [3.8, 4) is 0 Å². The molecule has 2 N–H and O–H groups in total. The number of hydrogen-bond acceptors (Lipinski definition) is 1. The van der Waals surface area contributed by atoms with Gasteiger partial charge in [0.05, 0.1) is 0 Å².